The van der Waals surface area contributed by atoms with Gasteiger partial charge in [0.2, 0.25) is 11.0 Å². The number of amides is 1. The first-order chi connectivity index (χ1) is 20.9. The number of aromatic nitrogens is 5. The van der Waals surface area contributed by atoms with Gasteiger partial charge in [0.15, 0.2) is 4.34 Å². The topological polar surface area (TPSA) is 166 Å². The highest BCUT2D eigenvalue weighted by molar-refractivity contribution is 8.02. The SMILES string of the molecule is O=C([O-])C[C@@H]1CC[C@H](Sc2nnc(NC(=O)Cc3ccc(CN(Cc4ccccn4)Cc4ccccn4)nc3)s2)B(O)O1. The van der Waals surface area contributed by atoms with Gasteiger partial charge >= 0.3 is 7.12 Å². The van der Waals surface area contributed by atoms with Crippen LogP contribution < -0.4 is 10.4 Å². The van der Waals surface area contributed by atoms with Crippen LogP contribution in [-0.4, -0.2) is 65.3 Å². The summed E-state index contributed by atoms with van der Waals surface area (Å²) in [5.74, 6) is -1.46. The second-order valence-electron chi connectivity index (χ2n) is 10.0. The zero-order valence-electron chi connectivity index (χ0n) is 23.1. The summed E-state index contributed by atoms with van der Waals surface area (Å²) in [7, 11) is -1.13. The molecule has 4 aromatic rings. The fraction of sp³-hybridized carbons (Fsp3) is 0.321. The van der Waals surface area contributed by atoms with Crippen molar-refractivity contribution in [1.82, 2.24) is 30.0 Å². The maximum atomic E-state index is 12.7. The van der Waals surface area contributed by atoms with Crippen molar-refractivity contribution in [3.8, 4) is 0 Å². The normalized spacial score (nSPS) is 16.7. The molecule has 5 heterocycles. The van der Waals surface area contributed by atoms with Crippen LogP contribution in [0.3, 0.4) is 0 Å². The summed E-state index contributed by atoms with van der Waals surface area (Å²) in [6.07, 6.45) is 5.61. The molecule has 0 bridgehead atoms. The van der Waals surface area contributed by atoms with E-state index in [1.807, 2.05) is 48.5 Å². The highest BCUT2D eigenvalue weighted by Crippen LogP contribution is 2.35. The molecular formula is C28H29BN7O5S2-. The largest absolute Gasteiger partial charge is 0.550 e. The number of nitrogens with one attached hydrogen (secondary N) is 1. The van der Waals surface area contributed by atoms with Gasteiger partial charge in [0.05, 0.1) is 23.5 Å². The number of hydrogen-bond donors (Lipinski definition) is 2. The number of nitrogens with zero attached hydrogens (tertiary/aromatic N) is 6. The quantitative estimate of drug-likeness (QED) is 0.165. The molecule has 1 fully saturated rings. The van der Waals surface area contributed by atoms with Gasteiger partial charge in [-0.1, -0.05) is 41.3 Å². The average molecular weight is 619 g/mol. The van der Waals surface area contributed by atoms with Crippen molar-refractivity contribution >= 4 is 47.2 Å². The number of pyridine rings is 3. The first kappa shape index (κ1) is 30.7. The number of rotatable bonds is 13. The first-order valence-corrected chi connectivity index (χ1v) is 15.4. The molecule has 1 aliphatic heterocycles. The third kappa shape index (κ3) is 9.63. The molecule has 0 spiro atoms. The molecule has 0 aliphatic carbocycles. The van der Waals surface area contributed by atoms with Crippen molar-refractivity contribution in [1.29, 1.82) is 0 Å². The Morgan fingerprint density at radius 2 is 1.70 bits per heavy atom. The second kappa shape index (κ2) is 15.1. The minimum Gasteiger partial charge on any atom is -0.550 e. The standard InChI is InChI=1S/C28H30BN7O5S2/c37-25(33-27-34-35-28(43-27)42-24-10-9-23(14-26(38)39)41-29(24)40)13-19-7-8-22(32-15-19)18-36(16-20-5-1-3-11-30-20)17-21-6-2-4-12-31-21/h1-8,11-12,15,23-24,40H,9-10,13-14,16-18H2,(H,38,39)(H,33,34,37)/p-1/t23-,24-/m0/s1. The molecule has 4 aromatic heterocycles. The fourth-order valence-electron chi connectivity index (χ4n) is 4.58. The number of hydrogen-bond acceptors (Lipinski definition) is 13. The van der Waals surface area contributed by atoms with Crippen molar-refractivity contribution in [2.45, 2.75) is 60.9 Å². The summed E-state index contributed by atoms with van der Waals surface area (Å²) in [6, 6.07) is 15.5. The van der Waals surface area contributed by atoms with Gasteiger partial charge in [-0.2, -0.15) is 0 Å². The lowest BCUT2D eigenvalue weighted by atomic mass is 9.77. The molecule has 1 amide bonds. The molecule has 2 N–H and O–H groups in total. The monoisotopic (exact) mass is 618 g/mol. The second-order valence-corrected chi connectivity index (χ2v) is 12.5. The van der Waals surface area contributed by atoms with E-state index < -0.39 is 19.2 Å². The van der Waals surface area contributed by atoms with E-state index in [-0.39, 0.29) is 23.9 Å². The van der Waals surface area contributed by atoms with Crippen LogP contribution in [0.4, 0.5) is 5.13 Å². The summed E-state index contributed by atoms with van der Waals surface area (Å²) < 4.78 is 5.95. The summed E-state index contributed by atoms with van der Waals surface area (Å²) in [4.78, 5) is 39.2. The van der Waals surface area contributed by atoms with E-state index >= 15 is 0 Å². The van der Waals surface area contributed by atoms with Gasteiger partial charge in [-0.3, -0.25) is 24.6 Å². The van der Waals surface area contributed by atoms with E-state index in [9.17, 15) is 19.7 Å². The van der Waals surface area contributed by atoms with Crippen molar-refractivity contribution in [2.24, 2.45) is 0 Å². The molecule has 5 rings (SSSR count). The molecule has 0 radical (unpaired) electrons. The molecule has 1 saturated heterocycles. The van der Waals surface area contributed by atoms with Gasteiger partial charge in [-0.25, -0.2) is 0 Å². The highest BCUT2D eigenvalue weighted by Gasteiger charge is 2.36. The van der Waals surface area contributed by atoms with E-state index in [0.717, 1.165) is 22.6 Å². The van der Waals surface area contributed by atoms with Crippen LogP contribution in [0.25, 0.3) is 0 Å². The molecule has 222 valence electrons. The van der Waals surface area contributed by atoms with Crippen LogP contribution in [0.1, 0.15) is 41.9 Å². The number of aliphatic carboxylic acids is 1. The predicted molar refractivity (Wildman–Crippen MR) is 159 cm³/mol. The van der Waals surface area contributed by atoms with Gasteiger partial charge < -0.3 is 24.9 Å². The third-order valence-electron chi connectivity index (χ3n) is 6.58. The van der Waals surface area contributed by atoms with E-state index in [4.69, 9.17) is 4.65 Å². The molecule has 0 unspecified atom stereocenters. The van der Waals surface area contributed by atoms with Crippen molar-refractivity contribution in [3.63, 3.8) is 0 Å². The third-order valence-corrected chi connectivity index (χ3v) is 8.81. The lowest BCUT2D eigenvalue weighted by molar-refractivity contribution is -0.307. The lowest BCUT2D eigenvalue weighted by Gasteiger charge is -2.30. The van der Waals surface area contributed by atoms with E-state index in [1.165, 1.54) is 23.1 Å². The molecule has 12 nitrogen and oxygen atoms in total. The summed E-state index contributed by atoms with van der Waals surface area (Å²) in [6.45, 7) is 1.87. The number of thioether (sulfide) groups is 1. The van der Waals surface area contributed by atoms with Crippen molar-refractivity contribution < 1.29 is 24.4 Å². The van der Waals surface area contributed by atoms with E-state index in [0.29, 0.717) is 41.9 Å². The fourth-order valence-corrected chi connectivity index (χ4v) is 6.65. The number of carboxylic acid groups (broad SMARTS) is 1. The van der Waals surface area contributed by atoms with Crippen LogP contribution in [-0.2, 0) is 40.3 Å². The molecule has 0 saturated carbocycles. The Morgan fingerprint density at radius 3 is 2.28 bits per heavy atom. The smallest absolute Gasteiger partial charge is 0.468 e. The molecule has 1 aliphatic rings. The Hall–Kier alpha value is -3.76. The maximum Gasteiger partial charge on any atom is 0.468 e. The van der Waals surface area contributed by atoms with Crippen LogP contribution in [0, 0.1) is 0 Å². The Morgan fingerprint density at radius 1 is 1.00 bits per heavy atom. The Labute approximate surface area is 257 Å². The van der Waals surface area contributed by atoms with Gasteiger partial charge in [0, 0.05) is 61.9 Å². The maximum absolute atomic E-state index is 12.7. The van der Waals surface area contributed by atoms with Gasteiger partial charge in [0.1, 0.15) is 0 Å². The zero-order chi connectivity index (χ0) is 30.0. The van der Waals surface area contributed by atoms with Crippen LogP contribution >= 0.6 is 23.1 Å². The van der Waals surface area contributed by atoms with Gasteiger partial charge in [-0.15, -0.1) is 10.2 Å². The lowest BCUT2D eigenvalue weighted by Crippen LogP contribution is -2.43. The number of carbonyl (C=O) groups is 2. The van der Waals surface area contributed by atoms with Crippen molar-refractivity contribution in [3.05, 3.63) is 89.8 Å². The van der Waals surface area contributed by atoms with Crippen LogP contribution in [0.2, 0.25) is 0 Å². The minimum atomic E-state index is -1.21. The Balaban J connectivity index is 1.12. The van der Waals surface area contributed by atoms with Gasteiger partial charge in [-0.05, 0) is 48.7 Å². The molecule has 15 heteroatoms. The minimum absolute atomic E-state index is 0.121. The van der Waals surface area contributed by atoms with E-state index in [1.54, 1.807) is 18.6 Å². The van der Waals surface area contributed by atoms with Crippen LogP contribution in [0.5, 0.6) is 0 Å². The molecular weight excluding hydrogens is 589 g/mol. The molecule has 43 heavy (non-hydrogen) atoms. The summed E-state index contributed by atoms with van der Waals surface area (Å²) in [5, 5.41) is 31.9. The number of carboxylic acids is 1. The highest BCUT2D eigenvalue weighted by atomic mass is 32.2. The first-order valence-electron chi connectivity index (χ1n) is 13.7. The Bertz CT molecular complexity index is 1440. The number of carbonyl (C=O) groups excluding carboxylic acids is 2. The molecule has 0 aromatic carbocycles. The summed E-state index contributed by atoms with van der Waals surface area (Å²) >= 11 is 2.48. The Kier molecular flexibility index (Phi) is 10.8. The predicted octanol–water partition coefficient (Wildman–Crippen LogP) is 1.91. The molecule has 2 atom stereocenters. The average Bonchev–Trinajstić information content (AvgIpc) is 3.42. The van der Waals surface area contributed by atoms with E-state index in [2.05, 4.69) is 35.4 Å². The zero-order valence-corrected chi connectivity index (χ0v) is 24.7. The van der Waals surface area contributed by atoms with Crippen molar-refractivity contribution in [2.75, 3.05) is 5.32 Å². The summed E-state index contributed by atoms with van der Waals surface area (Å²) in [5.41, 5.74) is 3.53. The van der Waals surface area contributed by atoms with Gasteiger partial charge in [0.25, 0.3) is 0 Å². The number of anilines is 1. The van der Waals surface area contributed by atoms with Crippen LogP contribution in [0.15, 0.2) is 71.5 Å².